The summed E-state index contributed by atoms with van der Waals surface area (Å²) in [5.41, 5.74) is 0.715. The molecule has 126 valence electrons. The highest BCUT2D eigenvalue weighted by atomic mass is 16.3. The Hall–Kier alpha value is -2.34. The van der Waals surface area contributed by atoms with Gasteiger partial charge in [0.1, 0.15) is 11.6 Å². The zero-order valence-electron chi connectivity index (χ0n) is 13.6. The van der Waals surface area contributed by atoms with Gasteiger partial charge in [0.05, 0.1) is 12.8 Å². The van der Waals surface area contributed by atoms with Crippen molar-refractivity contribution >= 4 is 11.7 Å². The van der Waals surface area contributed by atoms with Crippen LogP contribution in [0.5, 0.6) is 0 Å². The van der Waals surface area contributed by atoms with Crippen molar-refractivity contribution in [3.8, 4) is 0 Å². The first kappa shape index (κ1) is 15.2. The lowest BCUT2D eigenvalue weighted by molar-refractivity contribution is 0.0620. The second kappa shape index (κ2) is 6.65. The molecule has 0 spiro atoms. The standard InChI is InChI=1S/C18H22N4O2/c23-18(14-5-6-19-17(12-14)20-15-3-4-15)22-9-7-21(8-10-22)13-16-2-1-11-24-16/h1-2,5-6,11-12,15H,3-4,7-10,13H2,(H,19,20). The smallest absolute Gasteiger partial charge is 0.254 e. The third-order valence-corrected chi connectivity index (χ3v) is 4.56. The van der Waals surface area contributed by atoms with Crippen LogP contribution in [0.1, 0.15) is 29.0 Å². The molecular formula is C18H22N4O2. The number of piperazine rings is 1. The Labute approximate surface area is 141 Å². The van der Waals surface area contributed by atoms with E-state index in [0.29, 0.717) is 11.6 Å². The number of carbonyl (C=O) groups is 1. The van der Waals surface area contributed by atoms with E-state index in [1.165, 1.54) is 12.8 Å². The normalized spacial score (nSPS) is 18.6. The average Bonchev–Trinajstić information content (AvgIpc) is 3.28. The van der Waals surface area contributed by atoms with Gasteiger partial charge in [-0.1, -0.05) is 0 Å². The zero-order valence-corrected chi connectivity index (χ0v) is 13.6. The minimum absolute atomic E-state index is 0.0916. The molecule has 1 amide bonds. The quantitative estimate of drug-likeness (QED) is 0.913. The lowest BCUT2D eigenvalue weighted by Crippen LogP contribution is -2.48. The van der Waals surface area contributed by atoms with Crippen molar-refractivity contribution in [1.29, 1.82) is 0 Å². The average molecular weight is 326 g/mol. The number of rotatable bonds is 5. The predicted octanol–water partition coefficient (Wildman–Crippen LogP) is 2.21. The largest absolute Gasteiger partial charge is 0.468 e. The Morgan fingerprint density at radius 2 is 2.08 bits per heavy atom. The molecule has 0 aromatic carbocycles. The summed E-state index contributed by atoms with van der Waals surface area (Å²) in [7, 11) is 0. The molecule has 2 fully saturated rings. The molecule has 0 unspecified atom stereocenters. The SMILES string of the molecule is O=C(c1ccnc(NC2CC2)c1)N1CCN(Cc2ccco2)CC1. The number of anilines is 1. The van der Waals surface area contributed by atoms with E-state index in [4.69, 9.17) is 4.42 Å². The molecule has 0 atom stereocenters. The fourth-order valence-corrected chi connectivity index (χ4v) is 2.99. The van der Waals surface area contributed by atoms with E-state index in [2.05, 4.69) is 15.2 Å². The number of furan rings is 1. The van der Waals surface area contributed by atoms with Crippen molar-refractivity contribution in [2.45, 2.75) is 25.4 Å². The number of amides is 1. The van der Waals surface area contributed by atoms with Crippen LogP contribution in [0.25, 0.3) is 0 Å². The van der Waals surface area contributed by atoms with Crippen LogP contribution >= 0.6 is 0 Å². The van der Waals surface area contributed by atoms with Crippen LogP contribution < -0.4 is 5.32 Å². The predicted molar refractivity (Wildman–Crippen MR) is 90.8 cm³/mol. The van der Waals surface area contributed by atoms with Gasteiger partial charge in [-0.05, 0) is 37.1 Å². The highest BCUT2D eigenvalue weighted by molar-refractivity contribution is 5.94. The summed E-state index contributed by atoms with van der Waals surface area (Å²) in [6.07, 6.45) is 5.80. The topological polar surface area (TPSA) is 61.6 Å². The summed E-state index contributed by atoms with van der Waals surface area (Å²) in [4.78, 5) is 21.3. The molecule has 1 saturated heterocycles. The number of hydrogen-bond donors (Lipinski definition) is 1. The maximum Gasteiger partial charge on any atom is 0.254 e. The van der Waals surface area contributed by atoms with E-state index < -0.39 is 0 Å². The fraction of sp³-hybridized carbons (Fsp3) is 0.444. The van der Waals surface area contributed by atoms with E-state index in [1.807, 2.05) is 23.1 Å². The summed E-state index contributed by atoms with van der Waals surface area (Å²) in [6, 6.07) is 8.10. The van der Waals surface area contributed by atoms with Gasteiger partial charge < -0.3 is 14.6 Å². The third kappa shape index (κ3) is 3.59. The van der Waals surface area contributed by atoms with Crippen molar-refractivity contribution in [1.82, 2.24) is 14.8 Å². The third-order valence-electron chi connectivity index (χ3n) is 4.56. The number of aromatic nitrogens is 1. The molecule has 0 bridgehead atoms. The van der Waals surface area contributed by atoms with E-state index in [9.17, 15) is 4.79 Å². The molecule has 4 rings (SSSR count). The molecule has 0 radical (unpaired) electrons. The van der Waals surface area contributed by atoms with Gasteiger partial charge in [0, 0.05) is 44.0 Å². The van der Waals surface area contributed by atoms with Crippen molar-refractivity contribution in [2.24, 2.45) is 0 Å². The second-order valence-electron chi connectivity index (χ2n) is 6.50. The maximum absolute atomic E-state index is 12.7. The molecule has 2 aromatic heterocycles. The molecule has 2 aliphatic rings. The molecule has 1 saturated carbocycles. The summed E-state index contributed by atoms with van der Waals surface area (Å²) < 4.78 is 5.39. The summed E-state index contributed by atoms with van der Waals surface area (Å²) in [6.45, 7) is 4.02. The summed E-state index contributed by atoms with van der Waals surface area (Å²) in [5.74, 6) is 1.87. The highest BCUT2D eigenvalue weighted by Gasteiger charge is 2.24. The van der Waals surface area contributed by atoms with Crippen molar-refractivity contribution < 1.29 is 9.21 Å². The lowest BCUT2D eigenvalue weighted by Gasteiger charge is -2.34. The van der Waals surface area contributed by atoms with Gasteiger partial charge in [0.25, 0.3) is 5.91 Å². The molecule has 6 nitrogen and oxygen atoms in total. The molecular weight excluding hydrogens is 304 g/mol. The molecule has 1 aliphatic heterocycles. The Morgan fingerprint density at radius 1 is 1.25 bits per heavy atom. The van der Waals surface area contributed by atoms with Crippen LogP contribution in [0, 0.1) is 0 Å². The molecule has 2 aromatic rings. The molecule has 1 aliphatic carbocycles. The van der Waals surface area contributed by atoms with Crippen LogP contribution in [0.2, 0.25) is 0 Å². The van der Waals surface area contributed by atoms with Gasteiger partial charge in [-0.2, -0.15) is 0 Å². The minimum Gasteiger partial charge on any atom is -0.468 e. The van der Waals surface area contributed by atoms with Crippen LogP contribution in [-0.4, -0.2) is 52.9 Å². The van der Waals surface area contributed by atoms with Crippen molar-refractivity contribution in [2.75, 3.05) is 31.5 Å². The van der Waals surface area contributed by atoms with Gasteiger partial charge in [-0.3, -0.25) is 9.69 Å². The fourth-order valence-electron chi connectivity index (χ4n) is 2.99. The van der Waals surface area contributed by atoms with Crippen LogP contribution in [0.3, 0.4) is 0 Å². The van der Waals surface area contributed by atoms with E-state index in [1.54, 1.807) is 18.5 Å². The van der Waals surface area contributed by atoms with Gasteiger partial charge in [0.15, 0.2) is 0 Å². The number of nitrogens with zero attached hydrogens (tertiary/aromatic N) is 3. The molecule has 6 heteroatoms. The first-order chi connectivity index (χ1) is 11.8. The Kier molecular flexibility index (Phi) is 4.21. The van der Waals surface area contributed by atoms with E-state index >= 15 is 0 Å². The van der Waals surface area contributed by atoms with Gasteiger partial charge in [-0.15, -0.1) is 0 Å². The molecule has 1 N–H and O–H groups in total. The maximum atomic E-state index is 12.7. The van der Waals surface area contributed by atoms with Gasteiger partial charge >= 0.3 is 0 Å². The molecule has 24 heavy (non-hydrogen) atoms. The van der Waals surface area contributed by atoms with Crippen molar-refractivity contribution in [3.05, 3.63) is 48.0 Å². The zero-order chi connectivity index (χ0) is 16.4. The van der Waals surface area contributed by atoms with Crippen molar-refractivity contribution in [3.63, 3.8) is 0 Å². The van der Waals surface area contributed by atoms with Crippen LogP contribution in [-0.2, 0) is 6.54 Å². The van der Waals surface area contributed by atoms with Gasteiger partial charge in [0.2, 0.25) is 0 Å². The summed E-state index contributed by atoms with van der Waals surface area (Å²) in [5, 5.41) is 3.35. The van der Waals surface area contributed by atoms with E-state index in [-0.39, 0.29) is 5.91 Å². The Balaban J connectivity index is 1.34. The lowest BCUT2D eigenvalue weighted by atomic mass is 10.2. The number of nitrogens with one attached hydrogen (secondary N) is 1. The second-order valence-corrected chi connectivity index (χ2v) is 6.50. The highest BCUT2D eigenvalue weighted by Crippen LogP contribution is 2.24. The Bertz CT molecular complexity index is 689. The number of carbonyl (C=O) groups excluding carboxylic acids is 1. The van der Waals surface area contributed by atoms with E-state index in [0.717, 1.165) is 44.3 Å². The Morgan fingerprint density at radius 3 is 2.79 bits per heavy atom. The van der Waals surface area contributed by atoms with Gasteiger partial charge in [-0.25, -0.2) is 4.98 Å². The minimum atomic E-state index is 0.0916. The summed E-state index contributed by atoms with van der Waals surface area (Å²) >= 11 is 0. The number of hydrogen-bond acceptors (Lipinski definition) is 5. The first-order valence-electron chi connectivity index (χ1n) is 8.54. The van der Waals surface area contributed by atoms with Crippen LogP contribution in [0.4, 0.5) is 5.82 Å². The number of pyridine rings is 1. The monoisotopic (exact) mass is 326 g/mol. The first-order valence-corrected chi connectivity index (χ1v) is 8.54. The van der Waals surface area contributed by atoms with Crippen LogP contribution in [0.15, 0.2) is 41.1 Å². The molecule has 3 heterocycles.